The van der Waals surface area contributed by atoms with Crippen molar-refractivity contribution in [3.05, 3.63) is 12.7 Å². The molecular formula is C24H48. The van der Waals surface area contributed by atoms with Crippen molar-refractivity contribution in [2.75, 3.05) is 0 Å². The first-order valence-electron chi connectivity index (χ1n) is 11.5. The normalized spacial score (nSPS) is 12.4. The monoisotopic (exact) mass is 336 g/mol. The van der Waals surface area contributed by atoms with Gasteiger partial charge in [-0.25, -0.2) is 0 Å². The van der Waals surface area contributed by atoms with E-state index in [4.69, 9.17) is 0 Å². The molecule has 0 aromatic heterocycles. The van der Waals surface area contributed by atoms with Crippen molar-refractivity contribution in [3.8, 4) is 0 Å². The van der Waals surface area contributed by atoms with Gasteiger partial charge in [0.05, 0.1) is 0 Å². The van der Waals surface area contributed by atoms with Gasteiger partial charge in [0.25, 0.3) is 0 Å². The summed E-state index contributed by atoms with van der Waals surface area (Å²) in [6.45, 7) is 8.66. The zero-order chi connectivity index (χ0) is 17.7. The fourth-order valence-electron chi connectivity index (χ4n) is 3.64. The Morgan fingerprint density at radius 3 is 1.08 bits per heavy atom. The molecule has 0 N–H and O–H groups in total. The second-order valence-electron chi connectivity index (χ2n) is 7.88. The van der Waals surface area contributed by atoms with Gasteiger partial charge in [-0.3, -0.25) is 0 Å². The van der Waals surface area contributed by atoms with Gasteiger partial charge in [-0.15, -0.1) is 6.58 Å². The van der Waals surface area contributed by atoms with Crippen molar-refractivity contribution < 1.29 is 0 Å². The lowest BCUT2D eigenvalue weighted by Crippen LogP contribution is -1.97. The topological polar surface area (TPSA) is 0 Å². The first-order chi connectivity index (χ1) is 11.8. The molecule has 0 nitrogen and oxygen atoms in total. The summed E-state index contributed by atoms with van der Waals surface area (Å²) in [5, 5.41) is 0. The molecule has 0 amide bonds. The summed E-state index contributed by atoms with van der Waals surface area (Å²) in [6, 6.07) is 0. The number of unbranched alkanes of at least 4 members (excludes halogenated alkanes) is 15. The fraction of sp³-hybridized carbons (Fsp3) is 0.917. The van der Waals surface area contributed by atoms with E-state index in [-0.39, 0.29) is 0 Å². The van der Waals surface area contributed by atoms with Crippen LogP contribution in [0.2, 0.25) is 0 Å². The Morgan fingerprint density at radius 1 is 0.500 bits per heavy atom. The molecule has 0 aromatic carbocycles. The highest BCUT2D eigenvalue weighted by atomic mass is 14.1. The smallest absolute Gasteiger partial charge is 0.0236 e. The third-order valence-electron chi connectivity index (χ3n) is 5.44. The Kier molecular flexibility index (Phi) is 20.6. The molecule has 0 aromatic rings. The molecule has 0 aliphatic heterocycles. The first kappa shape index (κ1) is 23.7. The summed E-state index contributed by atoms with van der Waals surface area (Å²) >= 11 is 0. The van der Waals surface area contributed by atoms with Crippen LogP contribution in [0.4, 0.5) is 0 Å². The van der Waals surface area contributed by atoms with E-state index in [2.05, 4.69) is 26.5 Å². The largest absolute Gasteiger partial charge is 0.103 e. The molecule has 24 heavy (non-hydrogen) atoms. The predicted molar refractivity (Wildman–Crippen MR) is 113 cm³/mol. The predicted octanol–water partition coefficient (Wildman–Crippen LogP) is 9.24. The minimum absolute atomic E-state index is 0.787. The van der Waals surface area contributed by atoms with Crippen LogP contribution in [0.5, 0.6) is 0 Å². The van der Waals surface area contributed by atoms with Crippen LogP contribution in [-0.4, -0.2) is 0 Å². The van der Waals surface area contributed by atoms with Crippen LogP contribution in [0.3, 0.4) is 0 Å². The average Bonchev–Trinajstić information content (AvgIpc) is 2.60. The summed E-state index contributed by atoms with van der Waals surface area (Å²) in [5.74, 6) is 0.787. The van der Waals surface area contributed by atoms with Gasteiger partial charge in [0.1, 0.15) is 0 Å². The highest BCUT2D eigenvalue weighted by Crippen LogP contribution is 2.20. The lowest BCUT2D eigenvalue weighted by atomic mass is 9.94. The van der Waals surface area contributed by atoms with Crippen molar-refractivity contribution in [3.63, 3.8) is 0 Å². The minimum Gasteiger partial charge on any atom is -0.103 e. The van der Waals surface area contributed by atoms with E-state index in [1.807, 2.05) is 0 Å². The number of allylic oxidation sites excluding steroid dienone is 1. The highest BCUT2D eigenvalue weighted by Gasteiger charge is 2.04. The second kappa shape index (κ2) is 20.8. The maximum atomic E-state index is 4.07. The van der Waals surface area contributed by atoms with Crippen LogP contribution in [0, 0.1) is 5.92 Å². The van der Waals surface area contributed by atoms with E-state index in [1.165, 1.54) is 122 Å². The number of hydrogen-bond donors (Lipinski definition) is 0. The standard InChI is InChI=1S/C24H48/c1-4-7-9-11-13-15-17-19-21-23-24(6-3)22-20-18-16-14-12-10-8-5-2/h6,24H,3-5,7-23H2,1-2H3. The zero-order valence-corrected chi connectivity index (χ0v) is 17.3. The number of hydrogen-bond acceptors (Lipinski definition) is 0. The maximum absolute atomic E-state index is 4.07. The summed E-state index contributed by atoms with van der Waals surface area (Å²) in [7, 11) is 0. The second-order valence-corrected chi connectivity index (χ2v) is 7.88. The van der Waals surface area contributed by atoms with E-state index < -0.39 is 0 Å². The zero-order valence-electron chi connectivity index (χ0n) is 17.3. The molecule has 0 radical (unpaired) electrons. The summed E-state index contributed by atoms with van der Waals surface area (Å²) in [6.07, 6.45) is 29.4. The van der Waals surface area contributed by atoms with Gasteiger partial charge in [-0.1, -0.05) is 129 Å². The van der Waals surface area contributed by atoms with Crippen LogP contribution < -0.4 is 0 Å². The van der Waals surface area contributed by atoms with Gasteiger partial charge in [0.15, 0.2) is 0 Å². The van der Waals surface area contributed by atoms with Crippen molar-refractivity contribution in [1.29, 1.82) is 0 Å². The third-order valence-corrected chi connectivity index (χ3v) is 5.44. The van der Waals surface area contributed by atoms with E-state index in [1.54, 1.807) is 0 Å². The minimum atomic E-state index is 0.787. The van der Waals surface area contributed by atoms with Crippen LogP contribution in [0.1, 0.15) is 136 Å². The maximum Gasteiger partial charge on any atom is -0.0236 e. The molecule has 0 aliphatic carbocycles. The molecule has 0 fully saturated rings. The van der Waals surface area contributed by atoms with Crippen LogP contribution in [0.25, 0.3) is 0 Å². The molecule has 0 saturated heterocycles. The molecule has 0 heterocycles. The molecule has 0 aliphatic rings. The molecule has 1 unspecified atom stereocenters. The summed E-state index contributed by atoms with van der Waals surface area (Å²) in [4.78, 5) is 0. The molecule has 0 bridgehead atoms. The van der Waals surface area contributed by atoms with E-state index in [9.17, 15) is 0 Å². The molecular weight excluding hydrogens is 288 g/mol. The van der Waals surface area contributed by atoms with Crippen molar-refractivity contribution >= 4 is 0 Å². The first-order valence-corrected chi connectivity index (χ1v) is 11.5. The van der Waals surface area contributed by atoms with Crippen LogP contribution in [-0.2, 0) is 0 Å². The average molecular weight is 337 g/mol. The van der Waals surface area contributed by atoms with Gasteiger partial charge in [0, 0.05) is 0 Å². The van der Waals surface area contributed by atoms with Gasteiger partial charge < -0.3 is 0 Å². The van der Waals surface area contributed by atoms with E-state index in [0.717, 1.165) is 5.92 Å². The van der Waals surface area contributed by atoms with Crippen LogP contribution >= 0.6 is 0 Å². The van der Waals surface area contributed by atoms with E-state index >= 15 is 0 Å². The Morgan fingerprint density at radius 2 is 0.792 bits per heavy atom. The summed E-state index contributed by atoms with van der Waals surface area (Å²) < 4.78 is 0. The lowest BCUT2D eigenvalue weighted by Gasteiger charge is -2.12. The molecule has 0 spiro atoms. The Bertz CT molecular complexity index is 230. The molecule has 0 saturated carbocycles. The Labute approximate surface area is 154 Å². The highest BCUT2D eigenvalue weighted by molar-refractivity contribution is 4.78. The molecule has 0 rings (SSSR count). The number of rotatable bonds is 20. The van der Waals surface area contributed by atoms with Crippen LogP contribution in [0.15, 0.2) is 12.7 Å². The Hall–Kier alpha value is -0.260. The van der Waals surface area contributed by atoms with E-state index in [0.29, 0.717) is 0 Å². The van der Waals surface area contributed by atoms with Crippen molar-refractivity contribution in [1.82, 2.24) is 0 Å². The fourth-order valence-corrected chi connectivity index (χ4v) is 3.64. The van der Waals surface area contributed by atoms with Gasteiger partial charge in [0.2, 0.25) is 0 Å². The van der Waals surface area contributed by atoms with Crippen molar-refractivity contribution in [2.24, 2.45) is 5.92 Å². The third kappa shape index (κ3) is 18.1. The van der Waals surface area contributed by atoms with Gasteiger partial charge in [-0.2, -0.15) is 0 Å². The van der Waals surface area contributed by atoms with Gasteiger partial charge >= 0.3 is 0 Å². The molecule has 1 atom stereocenters. The molecule has 0 heteroatoms. The SMILES string of the molecule is C=CC(CCCCCCCCCC)CCCCCCCCCCC. The summed E-state index contributed by atoms with van der Waals surface area (Å²) in [5.41, 5.74) is 0. The van der Waals surface area contributed by atoms with Gasteiger partial charge in [-0.05, 0) is 18.8 Å². The molecule has 144 valence electrons. The lowest BCUT2D eigenvalue weighted by molar-refractivity contribution is 0.463. The quantitative estimate of drug-likeness (QED) is 0.153. The Balaban J connectivity index is 3.30. The van der Waals surface area contributed by atoms with Crippen molar-refractivity contribution in [2.45, 2.75) is 136 Å².